The molecule has 0 radical (unpaired) electrons. The Morgan fingerprint density at radius 2 is 1.69 bits per heavy atom. The summed E-state index contributed by atoms with van der Waals surface area (Å²) in [6, 6.07) is 11.7. The summed E-state index contributed by atoms with van der Waals surface area (Å²) >= 11 is 6.29. The number of aliphatic hydroxyl groups is 4. The minimum Gasteiger partial charge on any atom is -0.465 e. The Hall–Kier alpha value is -2.20. The van der Waals surface area contributed by atoms with Crippen LogP contribution in [-0.2, 0) is 9.47 Å². The maximum absolute atomic E-state index is 11.5. The van der Waals surface area contributed by atoms with Crippen molar-refractivity contribution in [2.45, 2.75) is 30.7 Å². The normalized spacial score (nSPS) is 26.8. The molecule has 3 rings (SSSR count). The molecule has 4 N–H and O–H groups in total. The number of ether oxygens (including phenoxy) is 3. The van der Waals surface area contributed by atoms with Crippen molar-refractivity contribution in [2.24, 2.45) is 0 Å². The Balaban J connectivity index is 1.77. The van der Waals surface area contributed by atoms with Crippen molar-refractivity contribution in [3.63, 3.8) is 0 Å². The first-order chi connectivity index (χ1) is 13.8. The van der Waals surface area contributed by atoms with Gasteiger partial charge in [-0.25, -0.2) is 4.79 Å². The van der Waals surface area contributed by atoms with Crippen LogP contribution in [0.2, 0.25) is 5.02 Å². The molecule has 8 nitrogen and oxygen atoms in total. The van der Waals surface area contributed by atoms with Gasteiger partial charge in [0.15, 0.2) is 0 Å². The third-order valence-corrected chi connectivity index (χ3v) is 4.96. The molecule has 1 heterocycles. The van der Waals surface area contributed by atoms with Crippen LogP contribution in [0.5, 0.6) is 5.75 Å². The van der Waals surface area contributed by atoms with Crippen molar-refractivity contribution in [1.82, 2.24) is 0 Å². The van der Waals surface area contributed by atoms with Gasteiger partial charge in [-0.15, -0.1) is 0 Å². The molecule has 2 aromatic rings. The van der Waals surface area contributed by atoms with E-state index in [4.69, 9.17) is 21.1 Å². The first kappa shape index (κ1) is 21.5. The monoisotopic (exact) mass is 424 g/mol. The third-order valence-electron chi connectivity index (χ3n) is 4.66. The lowest BCUT2D eigenvalue weighted by Gasteiger charge is -2.39. The number of esters is 1. The van der Waals surface area contributed by atoms with Crippen molar-refractivity contribution in [3.05, 3.63) is 53.1 Å². The van der Waals surface area contributed by atoms with Crippen LogP contribution in [0.1, 0.15) is 10.4 Å². The number of methoxy groups -OCH3 is 1. The minimum absolute atomic E-state index is 0.186. The first-order valence-corrected chi connectivity index (χ1v) is 9.19. The van der Waals surface area contributed by atoms with Crippen LogP contribution in [0.3, 0.4) is 0 Å². The zero-order valence-electron chi connectivity index (χ0n) is 15.4. The van der Waals surface area contributed by atoms with Gasteiger partial charge in [0.1, 0.15) is 30.2 Å². The number of hydrogen-bond donors (Lipinski definition) is 4. The molecule has 1 saturated heterocycles. The smallest absolute Gasteiger partial charge is 0.337 e. The average molecular weight is 425 g/mol. The van der Waals surface area contributed by atoms with E-state index in [1.54, 1.807) is 42.5 Å². The lowest BCUT2D eigenvalue weighted by Crippen LogP contribution is -2.60. The fourth-order valence-electron chi connectivity index (χ4n) is 2.98. The molecular formula is C20H21ClO8. The second kappa shape index (κ2) is 9.08. The van der Waals surface area contributed by atoms with E-state index in [9.17, 15) is 25.2 Å². The summed E-state index contributed by atoms with van der Waals surface area (Å²) in [5.41, 5.74) is 1.98. The molecule has 0 aromatic heterocycles. The third kappa shape index (κ3) is 4.53. The summed E-state index contributed by atoms with van der Waals surface area (Å²) in [5, 5.41) is 39.2. The summed E-state index contributed by atoms with van der Waals surface area (Å²) in [4.78, 5) is 11.5. The molecule has 0 unspecified atom stereocenters. The summed E-state index contributed by atoms with van der Waals surface area (Å²) in [7, 11) is 1.31. The maximum atomic E-state index is 11.5. The zero-order chi connectivity index (χ0) is 21.1. The van der Waals surface area contributed by atoms with Crippen LogP contribution in [0, 0.1) is 0 Å². The van der Waals surface area contributed by atoms with Crippen LogP contribution in [0.25, 0.3) is 11.1 Å². The Kier molecular flexibility index (Phi) is 6.74. The molecule has 2 aromatic carbocycles. The molecule has 1 aliphatic rings. The Labute approximate surface area is 171 Å². The standard InChI is InChI=1S/C20H21ClO8/c1-27-19(26)11-4-2-10(3-5-11)12-6-7-14(13(21)8-12)28-20-18(25)17(24)16(23)15(9-22)29-20/h2-8,15-18,20,22-25H,9H2,1H3/t15-,16-,17+,18+,20-/m1/s1. The number of benzene rings is 2. The lowest BCUT2D eigenvalue weighted by atomic mass is 9.99. The Morgan fingerprint density at radius 1 is 1.03 bits per heavy atom. The molecule has 29 heavy (non-hydrogen) atoms. The number of hydrogen-bond acceptors (Lipinski definition) is 8. The lowest BCUT2D eigenvalue weighted by molar-refractivity contribution is -0.277. The van der Waals surface area contributed by atoms with Crippen LogP contribution in [0.15, 0.2) is 42.5 Å². The van der Waals surface area contributed by atoms with E-state index < -0.39 is 43.3 Å². The van der Waals surface area contributed by atoms with Crippen molar-refractivity contribution in [3.8, 4) is 16.9 Å². The van der Waals surface area contributed by atoms with Gasteiger partial charge in [-0.2, -0.15) is 0 Å². The van der Waals surface area contributed by atoms with Crippen molar-refractivity contribution < 1.29 is 39.4 Å². The van der Waals surface area contributed by atoms with Crippen molar-refractivity contribution in [2.75, 3.05) is 13.7 Å². The molecular weight excluding hydrogens is 404 g/mol. The maximum Gasteiger partial charge on any atom is 0.337 e. The van der Waals surface area contributed by atoms with Gasteiger partial charge in [-0.3, -0.25) is 0 Å². The number of aliphatic hydroxyl groups excluding tert-OH is 4. The van der Waals surface area contributed by atoms with Gasteiger partial charge in [-0.05, 0) is 35.4 Å². The van der Waals surface area contributed by atoms with Gasteiger partial charge in [0, 0.05) is 0 Å². The van der Waals surface area contributed by atoms with E-state index in [-0.39, 0.29) is 10.8 Å². The summed E-state index contributed by atoms with van der Waals surface area (Å²) in [5.74, 6) is -0.246. The van der Waals surface area contributed by atoms with E-state index >= 15 is 0 Å². The molecule has 1 fully saturated rings. The molecule has 0 aliphatic carbocycles. The van der Waals surface area contributed by atoms with E-state index in [0.717, 1.165) is 11.1 Å². The number of halogens is 1. The summed E-state index contributed by atoms with van der Waals surface area (Å²) in [6.07, 6.45) is -6.95. The number of rotatable bonds is 5. The highest BCUT2D eigenvalue weighted by Crippen LogP contribution is 2.33. The quantitative estimate of drug-likeness (QED) is 0.523. The summed E-state index contributed by atoms with van der Waals surface area (Å²) in [6.45, 7) is -0.557. The minimum atomic E-state index is -1.54. The van der Waals surface area contributed by atoms with Gasteiger partial charge < -0.3 is 34.6 Å². The predicted octanol–water partition coefficient (Wildman–Crippen LogP) is 0.972. The highest BCUT2D eigenvalue weighted by molar-refractivity contribution is 6.32. The number of carbonyl (C=O) groups excluding carboxylic acids is 1. The van der Waals surface area contributed by atoms with Gasteiger partial charge in [0.2, 0.25) is 6.29 Å². The van der Waals surface area contributed by atoms with Crippen LogP contribution in [0.4, 0.5) is 0 Å². The Bertz CT molecular complexity index is 854. The molecule has 0 saturated carbocycles. The molecule has 1 aliphatic heterocycles. The molecule has 0 spiro atoms. The second-order valence-electron chi connectivity index (χ2n) is 6.53. The van der Waals surface area contributed by atoms with Crippen molar-refractivity contribution in [1.29, 1.82) is 0 Å². The van der Waals surface area contributed by atoms with E-state index in [0.29, 0.717) is 5.56 Å². The first-order valence-electron chi connectivity index (χ1n) is 8.81. The van der Waals surface area contributed by atoms with Gasteiger partial charge in [-0.1, -0.05) is 29.8 Å². The molecule has 9 heteroatoms. The van der Waals surface area contributed by atoms with Gasteiger partial charge in [0.25, 0.3) is 0 Å². The van der Waals surface area contributed by atoms with Gasteiger partial charge in [0.05, 0.1) is 24.3 Å². The van der Waals surface area contributed by atoms with E-state index in [1.165, 1.54) is 7.11 Å². The molecule has 0 amide bonds. The molecule has 5 atom stereocenters. The van der Waals surface area contributed by atoms with Crippen LogP contribution < -0.4 is 4.74 Å². The van der Waals surface area contributed by atoms with E-state index in [2.05, 4.69) is 4.74 Å². The SMILES string of the molecule is COC(=O)c1ccc(-c2ccc(O[C@@H]3O[C@H](CO)[C@@H](O)[C@H](O)[C@@H]3O)c(Cl)c2)cc1. The van der Waals surface area contributed by atoms with Crippen LogP contribution >= 0.6 is 11.6 Å². The largest absolute Gasteiger partial charge is 0.465 e. The topological polar surface area (TPSA) is 126 Å². The molecule has 156 valence electrons. The fourth-order valence-corrected chi connectivity index (χ4v) is 3.21. The highest BCUT2D eigenvalue weighted by Gasteiger charge is 2.44. The fraction of sp³-hybridized carbons (Fsp3) is 0.350. The highest BCUT2D eigenvalue weighted by atomic mass is 35.5. The molecule has 0 bridgehead atoms. The zero-order valence-corrected chi connectivity index (χ0v) is 16.2. The predicted molar refractivity (Wildman–Crippen MR) is 103 cm³/mol. The second-order valence-corrected chi connectivity index (χ2v) is 6.94. The summed E-state index contributed by atoms with van der Waals surface area (Å²) < 4.78 is 15.5. The number of carbonyl (C=O) groups is 1. The van der Waals surface area contributed by atoms with E-state index in [1.807, 2.05) is 0 Å². The Morgan fingerprint density at radius 3 is 2.28 bits per heavy atom. The van der Waals surface area contributed by atoms with Crippen molar-refractivity contribution >= 4 is 17.6 Å². The van der Waals surface area contributed by atoms with Gasteiger partial charge >= 0.3 is 5.97 Å². The average Bonchev–Trinajstić information content (AvgIpc) is 2.74. The van der Waals surface area contributed by atoms with Crippen LogP contribution in [-0.4, -0.2) is 70.8 Å².